The normalized spacial score (nSPS) is 10.1. The third kappa shape index (κ3) is 2.60. The van der Waals surface area contributed by atoms with Crippen LogP contribution in [0.25, 0.3) is 0 Å². The first-order valence-electron chi connectivity index (χ1n) is 5.03. The number of aromatic carboxylic acids is 1. The molecule has 2 aromatic rings. The second-order valence-corrected chi connectivity index (χ2v) is 3.91. The van der Waals surface area contributed by atoms with Gasteiger partial charge in [-0.3, -0.25) is 0 Å². The van der Waals surface area contributed by atoms with Crippen molar-refractivity contribution in [1.29, 1.82) is 0 Å². The van der Waals surface area contributed by atoms with Crippen molar-refractivity contribution in [3.05, 3.63) is 58.9 Å². The molecule has 0 amide bonds. The first-order valence-corrected chi connectivity index (χ1v) is 5.41. The van der Waals surface area contributed by atoms with E-state index in [1.54, 1.807) is 18.2 Å². The Morgan fingerprint density at radius 3 is 2.61 bits per heavy atom. The number of hydrogen-bond donors (Lipinski definition) is 1. The summed E-state index contributed by atoms with van der Waals surface area (Å²) in [6, 6.07) is 10.2. The van der Waals surface area contributed by atoms with Crippen LogP contribution in [-0.2, 0) is 0 Å². The highest BCUT2D eigenvalue weighted by molar-refractivity contribution is 6.30. The molecule has 3 nitrogen and oxygen atoms in total. The number of carboxylic acids is 1. The largest absolute Gasteiger partial charge is 0.477 e. The first kappa shape index (κ1) is 12.4. The molecule has 1 N–H and O–H groups in total. The van der Waals surface area contributed by atoms with E-state index in [1.807, 2.05) is 0 Å². The molecule has 0 fully saturated rings. The molecule has 0 radical (unpaired) electrons. The fourth-order valence-electron chi connectivity index (χ4n) is 1.45. The zero-order valence-corrected chi connectivity index (χ0v) is 9.82. The maximum Gasteiger partial charge on any atom is 0.342 e. The van der Waals surface area contributed by atoms with Crippen molar-refractivity contribution < 1.29 is 19.0 Å². The van der Waals surface area contributed by atoms with Gasteiger partial charge >= 0.3 is 5.97 Å². The molecule has 2 rings (SSSR count). The van der Waals surface area contributed by atoms with Crippen LogP contribution < -0.4 is 4.74 Å². The van der Waals surface area contributed by atoms with Gasteiger partial charge in [-0.15, -0.1) is 0 Å². The molecule has 0 saturated heterocycles. The molecule has 0 aliphatic carbocycles. The quantitative estimate of drug-likeness (QED) is 0.914. The Morgan fingerprint density at radius 1 is 1.22 bits per heavy atom. The maximum atomic E-state index is 13.4. The molecule has 0 unspecified atom stereocenters. The minimum atomic E-state index is -1.38. The van der Waals surface area contributed by atoms with Crippen LogP contribution in [0.15, 0.2) is 42.5 Å². The van der Waals surface area contributed by atoms with Gasteiger partial charge in [-0.1, -0.05) is 23.7 Å². The van der Waals surface area contributed by atoms with Crippen LogP contribution in [0.5, 0.6) is 11.5 Å². The van der Waals surface area contributed by atoms with E-state index < -0.39 is 17.3 Å². The minimum Gasteiger partial charge on any atom is -0.477 e. The number of ether oxygens (including phenoxy) is 1. The summed E-state index contributed by atoms with van der Waals surface area (Å²) in [7, 11) is 0. The predicted molar refractivity (Wildman–Crippen MR) is 64.9 cm³/mol. The fourth-order valence-corrected chi connectivity index (χ4v) is 1.63. The molecule has 0 saturated carbocycles. The molecule has 0 heterocycles. The Hall–Kier alpha value is -2.07. The Labute approximate surface area is 107 Å². The van der Waals surface area contributed by atoms with Crippen LogP contribution in [0.4, 0.5) is 4.39 Å². The second kappa shape index (κ2) is 5.06. The van der Waals surface area contributed by atoms with Crippen molar-refractivity contribution in [1.82, 2.24) is 0 Å². The van der Waals surface area contributed by atoms with Gasteiger partial charge in [0.1, 0.15) is 22.9 Å². The van der Waals surface area contributed by atoms with Gasteiger partial charge in [0.25, 0.3) is 0 Å². The topological polar surface area (TPSA) is 46.5 Å². The van der Waals surface area contributed by atoms with Crippen LogP contribution in [0.2, 0.25) is 5.02 Å². The summed E-state index contributed by atoms with van der Waals surface area (Å²) in [6.45, 7) is 0. The SMILES string of the molecule is O=C(O)c1c(F)cccc1Oc1cccc(Cl)c1. The molecule has 0 aliphatic heterocycles. The van der Waals surface area contributed by atoms with Crippen molar-refractivity contribution in [2.24, 2.45) is 0 Å². The monoisotopic (exact) mass is 266 g/mol. The number of hydrogen-bond acceptors (Lipinski definition) is 2. The Balaban J connectivity index is 2.40. The molecule has 0 aliphatic rings. The van der Waals surface area contributed by atoms with Crippen molar-refractivity contribution >= 4 is 17.6 Å². The van der Waals surface area contributed by atoms with Crippen molar-refractivity contribution in [2.75, 3.05) is 0 Å². The molecular formula is C13H8ClFO3. The lowest BCUT2D eigenvalue weighted by Gasteiger charge is -2.09. The number of halogens is 2. The number of rotatable bonds is 3. The third-order valence-electron chi connectivity index (χ3n) is 2.21. The highest BCUT2D eigenvalue weighted by Crippen LogP contribution is 2.28. The summed E-state index contributed by atoms with van der Waals surface area (Å²) in [4.78, 5) is 11.0. The van der Waals surface area contributed by atoms with Crippen molar-refractivity contribution in [2.45, 2.75) is 0 Å². The fraction of sp³-hybridized carbons (Fsp3) is 0. The van der Waals surface area contributed by atoms with Gasteiger partial charge in [0.15, 0.2) is 0 Å². The van der Waals surface area contributed by atoms with Crippen LogP contribution in [0, 0.1) is 5.82 Å². The molecule has 0 aromatic heterocycles. The highest BCUT2D eigenvalue weighted by atomic mass is 35.5. The maximum absolute atomic E-state index is 13.4. The van der Waals surface area contributed by atoms with Gasteiger partial charge in [-0.05, 0) is 30.3 Å². The van der Waals surface area contributed by atoms with Gasteiger partial charge < -0.3 is 9.84 Å². The first-order chi connectivity index (χ1) is 8.58. The smallest absolute Gasteiger partial charge is 0.342 e. The molecule has 18 heavy (non-hydrogen) atoms. The van der Waals surface area contributed by atoms with Gasteiger partial charge in [-0.2, -0.15) is 0 Å². The summed E-state index contributed by atoms with van der Waals surface area (Å²) < 4.78 is 18.7. The summed E-state index contributed by atoms with van der Waals surface area (Å²) >= 11 is 5.77. The summed E-state index contributed by atoms with van der Waals surface area (Å²) in [6.07, 6.45) is 0. The van der Waals surface area contributed by atoms with Crippen LogP contribution in [-0.4, -0.2) is 11.1 Å². The third-order valence-corrected chi connectivity index (χ3v) is 2.45. The van der Waals surface area contributed by atoms with E-state index in [2.05, 4.69) is 0 Å². The van der Waals surface area contributed by atoms with Crippen molar-refractivity contribution in [3.63, 3.8) is 0 Å². The van der Waals surface area contributed by atoms with Gasteiger partial charge in [0.05, 0.1) is 0 Å². The average molecular weight is 267 g/mol. The van der Waals surface area contributed by atoms with Gasteiger partial charge in [-0.25, -0.2) is 9.18 Å². The summed E-state index contributed by atoms with van der Waals surface area (Å²) in [5, 5.41) is 9.38. The lowest BCUT2D eigenvalue weighted by atomic mass is 10.2. The molecule has 2 aromatic carbocycles. The van der Waals surface area contributed by atoms with Crippen molar-refractivity contribution in [3.8, 4) is 11.5 Å². The Morgan fingerprint density at radius 2 is 1.94 bits per heavy atom. The average Bonchev–Trinajstić information content (AvgIpc) is 2.28. The molecule has 5 heteroatoms. The van der Waals surface area contributed by atoms with E-state index in [0.717, 1.165) is 6.07 Å². The Bertz CT molecular complexity index is 599. The summed E-state index contributed by atoms with van der Waals surface area (Å²) in [5.41, 5.74) is -0.502. The van der Waals surface area contributed by atoms with Gasteiger partial charge in [0, 0.05) is 5.02 Å². The molecule has 92 valence electrons. The zero-order chi connectivity index (χ0) is 13.1. The lowest BCUT2D eigenvalue weighted by Crippen LogP contribution is -2.03. The van der Waals surface area contributed by atoms with E-state index in [9.17, 15) is 9.18 Å². The number of carbonyl (C=O) groups is 1. The van der Waals surface area contributed by atoms with E-state index in [4.69, 9.17) is 21.4 Å². The van der Waals surface area contributed by atoms with E-state index in [-0.39, 0.29) is 5.75 Å². The molecule has 0 atom stereocenters. The van der Waals surface area contributed by atoms with E-state index in [0.29, 0.717) is 10.8 Å². The molecular weight excluding hydrogens is 259 g/mol. The van der Waals surface area contributed by atoms with E-state index in [1.165, 1.54) is 18.2 Å². The number of carboxylic acid groups (broad SMARTS) is 1. The summed E-state index contributed by atoms with van der Waals surface area (Å²) in [5.74, 6) is -1.95. The van der Waals surface area contributed by atoms with E-state index >= 15 is 0 Å². The Kier molecular flexibility index (Phi) is 3.48. The van der Waals surface area contributed by atoms with Crippen LogP contribution in [0.1, 0.15) is 10.4 Å². The molecule has 0 spiro atoms. The predicted octanol–water partition coefficient (Wildman–Crippen LogP) is 3.97. The lowest BCUT2D eigenvalue weighted by molar-refractivity contribution is 0.0689. The van der Waals surface area contributed by atoms with Gasteiger partial charge in [0.2, 0.25) is 0 Å². The van der Waals surface area contributed by atoms with Crippen LogP contribution >= 0.6 is 11.6 Å². The minimum absolute atomic E-state index is 0.0650. The number of benzene rings is 2. The molecule has 0 bridgehead atoms. The zero-order valence-electron chi connectivity index (χ0n) is 9.06. The second-order valence-electron chi connectivity index (χ2n) is 3.48. The van der Waals surface area contributed by atoms with Crippen LogP contribution in [0.3, 0.4) is 0 Å². The highest BCUT2D eigenvalue weighted by Gasteiger charge is 2.17. The standard InChI is InChI=1S/C13H8ClFO3/c14-8-3-1-4-9(7-8)18-11-6-2-5-10(15)12(11)13(16)17/h1-7H,(H,16,17).